The fourth-order valence-electron chi connectivity index (χ4n) is 4.80. The van der Waals surface area contributed by atoms with Gasteiger partial charge in [-0.2, -0.15) is 23.1 Å². The fourth-order valence-corrected chi connectivity index (χ4v) is 4.80. The number of hydrogen-bond donors (Lipinski definition) is 3. The van der Waals surface area contributed by atoms with Crippen molar-refractivity contribution in [1.29, 1.82) is 0 Å². The zero-order valence-corrected chi connectivity index (χ0v) is 23.0. The monoisotopic (exact) mass is 564 g/mol. The Hall–Kier alpha value is -3.65. The van der Waals surface area contributed by atoms with Gasteiger partial charge in [0.1, 0.15) is 11.3 Å². The highest BCUT2D eigenvalue weighted by molar-refractivity contribution is 5.82. The number of H-pyrrole nitrogens is 1. The van der Waals surface area contributed by atoms with Crippen LogP contribution in [0, 0.1) is 5.92 Å². The van der Waals surface area contributed by atoms with Crippen molar-refractivity contribution >= 4 is 28.6 Å². The first-order valence-corrected chi connectivity index (χ1v) is 13.1. The number of anilines is 3. The van der Waals surface area contributed by atoms with Gasteiger partial charge in [0.25, 0.3) is 5.56 Å². The molecule has 218 valence electrons. The van der Waals surface area contributed by atoms with Gasteiger partial charge < -0.3 is 30.4 Å². The quantitative estimate of drug-likeness (QED) is 0.335. The summed E-state index contributed by atoms with van der Waals surface area (Å²) < 4.78 is 51.2. The molecule has 0 unspecified atom stereocenters. The van der Waals surface area contributed by atoms with Crippen molar-refractivity contribution in [1.82, 2.24) is 24.8 Å². The first kappa shape index (κ1) is 29.3. The zero-order chi connectivity index (χ0) is 29.0. The molecule has 1 aromatic carbocycles. The molecule has 1 aliphatic rings. The van der Waals surface area contributed by atoms with Crippen LogP contribution in [0.25, 0.3) is 11.0 Å². The summed E-state index contributed by atoms with van der Waals surface area (Å²) in [6, 6.07) is 6.26. The smallest absolute Gasteiger partial charge is 0.401 e. The van der Waals surface area contributed by atoms with Gasteiger partial charge in [-0.3, -0.25) is 9.69 Å². The number of nitrogens with one attached hydrogen (secondary N) is 2. The van der Waals surface area contributed by atoms with E-state index in [9.17, 15) is 18.0 Å². The van der Waals surface area contributed by atoms with Crippen LogP contribution in [0.4, 0.5) is 30.8 Å². The van der Waals surface area contributed by atoms with Crippen LogP contribution in [0.3, 0.4) is 0 Å². The third-order valence-electron chi connectivity index (χ3n) is 6.46. The van der Waals surface area contributed by atoms with Crippen LogP contribution in [0.5, 0.6) is 11.6 Å². The number of fused-ring (bicyclic) bond motifs is 1. The first-order chi connectivity index (χ1) is 18.9. The molecule has 2 atom stereocenters. The number of aromatic nitrogens is 4. The van der Waals surface area contributed by atoms with E-state index < -0.39 is 18.3 Å². The van der Waals surface area contributed by atoms with Gasteiger partial charge in [-0.15, -0.1) is 0 Å². The van der Waals surface area contributed by atoms with Crippen molar-refractivity contribution in [3.05, 3.63) is 34.6 Å². The third kappa shape index (κ3) is 7.50. The number of halogens is 3. The second-order valence-corrected chi connectivity index (χ2v) is 10.4. The Bertz CT molecular complexity index is 1370. The molecular formula is C26H35F3N8O3. The van der Waals surface area contributed by atoms with Crippen molar-refractivity contribution in [2.45, 2.75) is 45.5 Å². The van der Waals surface area contributed by atoms with E-state index in [1.165, 1.54) is 4.90 Å². The van der Waals surface area contributed by atoms with E-state index in [1.54, 1.807) is 31.4 Å². The molecule has 0 saturated carbocycles. The highest BCUT2D eigenvalue weighted by Gasteiger charge is 2.37. The predicted octanol–water partition coefficient (Wildman–Crippen LogP) is 3.63. The molecule has 14 heteroatoms. The van der Waals surface area contributed by atoms with Gasteiger partial charge in [0.05, 0.1) is 18.7 Å². The Morgan fingerprint density at radius 3 is 2.67 bits per heavy atom. The molecule has 3 heterocycles. The van der Waals surface area contributed by atoms with Crippen molar-refractivity contribution in [2.24, 2.45) is 5.92 Å². The van der Waals surface area contributed by atoms with Gasteiger partial charge in [0.15, 0.2) is 11.6 Å². The summed E-state index contributed by atoms with van der Waals surface area (Å²) in [5.41, 5.74) is 6.02. The van der Waals surface area contributed by atoms with Crippen LogP contribution < -0.4 is 26.2 Å². The maximum atomic E-state index is 13.3. The molecule has 0 radical (unpaired) electrons. The number of methoxy groups -OCH3 is 1. The SMILES string of the molecule is COC[C@H](C)Nc1nc(Oc2cccc3[nH]c(=O)c(N)nc23)cc(N2CCN(CC(F)(F)F)[C@@H](CC(C)C)C2)n1. The summed E-state index contributed by atoms with van der Waals surface area (Å²) in [5, 5.41) is 3.19. The third-order valence-corrected chi connectivity index (χ3v) is 6.46. The largest absolute Gasteiger partial charge is 0.436 e. The molecule has 0 amide bonds. The summed E-state index contributed by atoms with van der Waals surface area (Å²) in [6.07, 6.45) is -3.67. The van der Waals surface area contributed by atoms with Gasteiger partial charge >= 0.3 is 6.18 Å². The molecule has 0 spiro atoms. The maximum absolute atomic E-state index is 13.3. The molecule has 4 rings (SSSR count). The minimum Gasteiger partial charge on any atom is -0.436 e. The molecule has 0 bridgehead atoms. The van der Waals surface area contributed by atoms with Crippen LogP contribution in [0.15, 0.2) is 29.1 Å². The Labute approximate surface area is 229 Å². The number of piperazine rings is 1. The van der Waals surface area contributed by atoms with Gasteiger partial charge in [-0.1, -0.05) is 19.9 Å². The number of rotatable bonds is 10. The molecule has 11 nitrogen and oxygen atoms in total. The molecule has 1 fully saturated rings. The van der Waals surface area contributed by atoms with Crippen molar-refractivity contribution in [3.63, 3.8) is 0 Å². The average molecular weight is 565 g/mol. The van der Waals surface area contributed by atoms with Crippen LogP contribution in [-0.2, 0) is 4.74 Å². The van der Waals surface area contributed by atoms with Crippen LogP contribution in [-0.4, -0.2) is 83.0 Å². The summed E-state index contributed by atoms with van der Waals surface area (Å²) >= 11 is 0. The summed E-state index contributed by atoms with van der Waals surface area (Å²) in [4.78, 5) is 31.4. The number of ether oxygens (including phenoxy) is 2. The number of nitrogen functional groups attached to an aromatic ring is 1. The first-order valence-electron chi connectivity index (χ1n) is 13.1. The molecule has 40 heavy (non-hydrogen) atoms. The molecule has 0 aliphatic carbocycles. The summed E-state index contributed by atoms with van der Waals surface area (Å²) in [5.74, 6) is 1.31. The van der Waals surface area contributed by atoms with Gasteiger partial charge in [0.2, 0.25) is 11.8 Å². The lowest BCUT2D eigenvalue weighted by Gasteiger charge is -2.43. The molecular weight excluding hydrogens is 529 g/mol. The Morgan fingerprint density at radius 2 is 1.98 bits per heavy atom. The van der Waals surface area contributed by atoms with Crippen LogP contribution >= 0.6 is 0 Å². The van der Waals surface area contributed by atoms with Crippen molar-refractivity contribution < 1.29 is 22.6 Å². The normalized spacial score (nSPS) is 17.4. The lowest BCUT2D eigenvalue weighted by Crippen LogP contribution is -2.56. The Kier molecular flexibility index (Phi) is 8.98. The number of alkyl halides is 3. The Morgan fingerprint density at radius 1 is 1.20 bits per heavy atom. The molecule has 3 aromatic rings. The highest BCUT2D eigenvalue weighted by Crippen LogP contribution is 2.31. The van der Waals surface area contributed by atoms with E-state index >= 15 is 0 Å². The Balaban J connectivity index is 1.68. The van der Waals surface area contributed by atoms with E-state index in [0.29, 0.717) is 48.7 Å². The number of hydrogen-bond acceptors (Lipinski definition) is 10. The second kappa shape index (κ2) is 12.3. The standard InChI is InChI=1S/C26H35F3N8O3/c1-15(2)10-17-12-36(8-9-37(17)14-26(27,28)29)20-11-21(34-25(33-20)31-16(3)13-39-4)40-19-7-5-6-18-22(19)35-23(30)24(38)32-18/h5-7,11,15-17H,8-10,12-14H2,1-4H3,(H2,30,35)(H,32,38)(H,31,33,34)/t16-,17-/m0/s1. The van der Waals surface area contributed by atoms with Gasteiger partial charge in [-0.25, -0.2) is 4.98 Å². The number of aromatic amines is 1. The molecule has 1 aliphatic heterocycles. The minimum absolute atomic E-state index is 0.130. The van der Waals surface area contributed by atoms with E-state index in [1.807, 2.05) is 25.7 Å². The predicted molar refractivity (Wildman–Crippen MR) is 147 cm³/mol. The number of benzene rings is 1. The van der Waals surface area contributed by atoms with Crippen molar-refractivity contribution in [3.8, 4) is 11.6 Å². The second-order valence-electron chi connectivity index (χ2n) is 10.4. The average Bonchev–Trinajstić information content (AvgIpc) is 2.85. The van der Waals surface area contributed by atoms with E-state index in [0.717, 1.165) is 0 Å². The number of para-hydroxylation sites is 1. The topological polar surface area (TPSA) is 135 Å². The van der Waals surface area contributed by atoms with E-state index in [2.05, 4.69) is 25.3 Å². The number of nitrogens with two attached hydrogens (primary N) is 1. The number of nitrogens with zero attached hydrogens (tertiary/aromatic N) is 5. The lowest BCUT2D eigenvalue weighted by molar-refractivity contribution is -0.152. The lowest BCUT2D eigenvalue weighted by atomic mass is 10.00. The minimum atomic E-state index is -4.28. The van der Waals surface area contributed by atoms with E-state index in [-0.39, 0.29) is 42.2 Å². The molecule has 1 saturated heterocycles. The summed E-state index contributed by atoms with van der Waals surface area (Å²) in [6.45, 7) is 6.31. The van der Waals surface area contributed by atoms with Gasteiger partial charge in [-0.05, 0) is 31.4 Å². The van der Waals surface area contributed by atoms with Gasteiger partial charge in [0, 0.05) is 44.9 Å². The van der Waals surface area contributed by atoms with Crippen LogP contribution in [0.2, 0.25) is 0 Å². The fraction of sp³-hybridized carbons (Fsp3) is 0.538. The molecule has 2 aromatic heterocycles. The van der Waals surface area contributed by atoms with E-state index in [4.69, 9.17) is 15.2 Å². The van der Waals surface area contributed by atoms with Crippen molar-refractivity contribution in [2.75, 3.05) is 55.8 Å². The summed E-state index contributed by atoms with van der Waals surface area (Å²) in [7, 11) is 1.59. The zero-order valence-electron chi connectivity index (χ0n) is 23.0. The van der Waals surface area contributed by atoms with Crippen LogP contribution in [0.1, 0.15) is 27.2 Å². The molecule has 4 N–H and O–H groups in total. The highest BCUT2D eigenvalue weighted by atomic mass is 19.4. The maximum Gasteiger partial charge on any atom is 0.401 e.